The molecule has 2 heterocycles. The molecule has 32 heavy (non-hydrogen) atoms. The van der Waals surface area contributed by atoms with Crippen LogP contribution in [0.1, 0.15) is 31.8 Å². The van der Waals surface area contributed by atoms with Gasteiger partial charge in [-0.05, 0) is 35.4 Å². The Kier molecular flexibility index (Phi) is 5.07. The van der Waals surface area contributed by atoms with Gasteiger partial charge in [0.1, 0.15) is 6.04 Å². The Morgan fingerprint density at radius 1 is 0.844 bits per heavy atom. The number of hydrogen-bond acceptors (Lipinski definition) is 5. The second-order valence-electron chi connectivity index (χ2n) is 7.64. The molecule has 0 saturated heterocycles. The molecule has 7 heteroatoms. The van der Waals surface area contributed by atoms with Gasteiger partial charge >= 0.3 is 0 Å². The Morgan fingerprint density at radius 2 is 1.50 bits per heavy atom. The van der Waals surface area contributed by atoms with E-state index in [1.165, 1.54) is 0 Å². The number of amides is 3. The van der Waals surface area contributed by atoms with Crippen LogP contribution < -0.4 is 14.8 Å². The van der Waals surface area contributed by atoms with E-state index in [0.717, 1.165) is 16.0 Å². The van der Waals surface area contributed by atoms with Crippen molar-refractivity contribution in [1.82, 2.24) is 10.2 Å². The van der Waals surface area contributed by atoms with Crippen molar-refractivity contribution in [2.75, 3.05) is 6.79 Å². The normalized spacial score (nSPS) is 14.9. The largest absolute Gasteiger partial charge is 0.454 e. The second kappa shape index (κ2) is 8.19. The van der Waals surface area contributed by atoms with Gasteiger partial charge in [-0.3, -0.25) is 19.3 Å². The third kappa shape index (κ3) is 3.58. The maximum absolute atomic E-state index is 13.3. The zero-order valence-electron chi connectivity index (χ0n) is 17.1. The lowest BCUT2D eigenvalue weighted by Gasteiger charge is -2.25. The van der Waals surface area contributed by atoms with Crippen LogP contribution in [0.15, 0.2) is 72.8 Å². The fraction of sp³-hybridized carbons (Fsp3) is 0.160. The molecule has 2 aliphatic heterocycles. The number of hydrogen-bond donors (Lipinski definition) is 1. The molecule has 0 saturated carbocycles. The van der Waals surface area contributed by atoms with Crippen LogP contribution >= 0.6 is 0 Å². The first-order chi connectivity index (χ1) is 15.6. The molecule has 0 aromatic heterocycles. The first-order valence-electron chi connectivity index (χ1n) is 10.3. The maximum atomic E-state index is 13.3. The summed E-state index contributed by atoms with van der Waals surface area (Å²) in [6, 6.07) is 20.4. The van der Waals surface area contributed by atoms with E-state index in [1.807, 2.05) is 36.4 Å². The minimum atomic E-state index is -0.973. The van der Waals surface area contributed by atoms with Crippen molar-refractivity contribution in [3.63, 3.8) is 0 Å². The molecule has 1 atom stereocenters. The van der Waals surface area contributed by atoms with E-state index < -0.39 is 23.8 Å². The highest BCUT2D eigenvalue weighted by Crippen LogP contribution is 2.32. The Balaban J connectivity index is 1.39. The standard InChI is InChI=1S/C25H20N2O5/c28-23(26-14-17-10-11-21-22(13-17)32-15-31-21)20(12-16-6-2-1-3-7-16)27-24(29)18-8-4-5-9-19(18)25(27)30/h1-11,13,20H,12,14-15H2,(H,26,28)/t20-/m0/s1. The zero-order chi connectivity index (χ0) is 22.1. The van der Waals surface area contributed by atoms with Crippen molar-refractivity contribution < 1.29 is 23.9 Å². The number of imide groups is 1. The number of nitrogens with one attached hydrogen (secondary N) is 1. The quantitative estimate of drug-likeness (QED) is 0.611. The average molecular weight is 428 g/mol. The van der Waals surface area contributed by atoms with Gasteiger partial charge in [-0.1, -0.05) is 48.5 Å². The topological polar surface area (TPSA) is 84.9 Å². The van der Waals surface area contributed by atoms with E-state index >= 15 is 0 Å². The molecule has 3 amide bonds. The third-order valence-electron chi connectivity index (χ3n) is 5.62. The third-order valence-corrected chi connectivity index (χ3v) is 5.62. The van der Waals surface area contributed by atoms with Crippen LogP contribution in [0.5, 0.6) is 11.5 Å². The molecule has 160 valence electrons. The van der Waals surface area contributed by atoms with Crippen LogP contribution in [-0.4, -0.2) is 35.5 Å². The van der Waals surface area contributed by atoms with Crippen molar-refractivity contribution in [3.05, 3.63) is 95.1 Å². The number of fused-ring (bicyclic) bond motifs is 2. The van der Waals surface area contributed by atoms with Crippen LogP contribution in [-0.2, 0) is 17.8 Å². The van der Waals surface area contributed by atoms with Crippen molar-refractivity contribution in [2.24, 2.45) is 0 Å². The Hall–Kier alpha value is -4.13. The molecule has 1 N–H and O–H groups in total. The minimum absolute atomic E-state index is 0.171. The van der Waals surface area contributed by atoms with Gasteiger partial charge in [-0.2, -0.15) is 0 Å². The lowest BCUT2D eigenvalue weighted by Crippen LogP contribution is -2.50. The summed E-state index contributed by atoms with van der Waals surface area (Å²) in [4.78, 5) is 40.4. The Morgan fingerprint density at radius 3 is 2.22 bits per heavy atom. The van der Waals surface area contributed by atoms with Crippen LogP contribution in [0, 0.1) is 0 Å². The number of benzene rings is 3. The molecule has 0 bridgehead atoms. The highest BCUT2D eigenvalue weighted by Gasteiger charge is 2.42. The van der Waals surface area contributed by atoms with Crippen molar-refractivity contribution in [1.29, 1.82) is 0 Å². The number of ether oxygens (including phenoxy) is 2. The summed E-state index contributed by atoms with van der Waals surface area (Å²) in [5, 5.41) is 2.87. The smallest absolute Gasteiger partial charge is 0.262 e. The SMILES string of the molecule is O=C(NCc1ccc2c(c1)OCO2)[C@H](Cc1ccccc1)N1C(=O)c2ccccc2C1=O. The van der Waals surface area contributed by atoms with Crippen LogP contribution in [0.4, 0.5) is 0 Å². The average Bonchev–Trinajstić information content (AvgIpc) is 3.39. The van der Waals surface area contributed by atoms with Gasteiger partial charge in [0.05, 0.1) is 11.1 Å². The van der Waals surface area contributed by atoms with Gasteiger partial charge < -0.3 is 14.8 Å². The van der Waals surface area contributed by atoms with E-state index in [1.54, 1.807) is 36.4 Å². The fourth-order valence-corrected chi connectivity index (χ4v) is 3.99. The molecule has 0 aliphatic carbocycles. The van der Waals surface area contributed by atoms with Gasteiger partial charge in [0.25, 0.3) is 11.8 Å². The highest BCUT2D eigenvalue weighted by molar-refractivity contribution is 6.22. The van der Waals surface area contributed by atoms with Gasteiger partial charge in [0, 0.05) is 13.0 Å². The number of rotatable bonds is 6. The number of nitrogens with zero attached hydrogens (tertiary/aromatic N) is 1. The number of carbonyl (C=O) groups excluding carboxylic acids is 3. The molecule has 7 nitrogen and oxygen atoms in total. The van der Waals surface area contributed by atoms with Crippen LogP contribution in [0.25, 0.3) is 0 Å². The monoisotopic (exact) mass is 428 g/mol. The van der Waals surface area contributed by atoms with Gasteiger partial charge in [0.2, 0.25) is 12.7 Å². The molecular formula is C25H20N2O5. The van der Waals surface area contributed by atoms with Crippen LogP contribution in [0.3, 0.4) is 0 Å². The van der Waals surface area contributed by atoms with Gasteiger partial charge in [-0.15, -0.1) is 0 Å². The minimum Gasteiger partial charge on any atom is -0.454 e. The predicted octanol–water partition coefficient (Wildman–Crippen LogP) is 2.94. The molecule has 0 spiro atoms. The summed E-state index contributed by atoms with van der Waals surface area (Å²) in [6.45, 7) is 0.397. The fourth-order valence-electron chi connectivity index (χ4n) is 3.99. The first-order valence-corrected chi connectivity index (χ1v) is 10.3. The predicted molar refractivity (Wildman–Crippen MR) is 115 cm³/mol. The zero-order valence-corrected chi connectivity index (χ0v) is 17.1. The summed E-state index contributed by atoms with van der Waals surface area (Å²) in [5.41, 5.74) is 2.31. The second-order valence-corrected chi connectivity index (χ2v) is 7.64. The summed E-state index contributed by atoms with van der Waals surface area (Å²) in [7, 11) is 0. The molecule has 3 aromatic rings. The summed E-state index contributed by atoms with van der Waals surface area (Å²) in [5.74, 6) is -0.0264. The Labute approximate surface area is 184 Å². The van der Waals surface area contributed by atoms with Crippen molar-refractivity contribution in [2.45, 2.75) is 19.0 Å². The lowest BCUT2D eigenvalue weighted by molar-refractivity contribution is -0.125. The van der Waals surface area contributed by atoms with Gasteiger partial charge in [-0.25, -0.2) is 0 Å². The Bertz CT molecular complexity index is 1170. The van der Waals surface area contributed by atoms with E-state index in [0.29, 0.717) is 22.6 Å². The lowest BCUT2D eigenvalue weighted by atomic mass is 10.0. The van der Waals surface area contributed by atoms with Gasteiger partial charge in [0.15, 0.2) is 11.5 Å². The first kappa shape index (κ1) is 19.8. The molecule has 0 radical (unpaired) electrons. The summed E-state index contributed by atoms with van der Waals surface area (Å²) < 4.78 is 10.7. The van der Waals surface area contributed by atoms with Crippen molar-refractivity contribution in [3.8, 4) is 11.5 Å². The number of carbonyl (C=O) groups is 3. The summed E-state index contributed by atoms with van der Waals surface area (Å²) in [6.07, 6.45) is 0.222. The van der Waals surface area contributed by atoms with E-state index in [9.17, 15) is 14.4 Å². The van der Waals surface area contributed by atoms with Crippen molar-refractivity contribution >= 4 is 17.7 Å². The maximum Gasteiger partial charge on any atom is 0.262 e. The van der Waals surface area contributed by atoms with E-state index in [4.69, 9.17) is 9.47 Å². The van der Waals surface area contributed by atoms with Crippen LogP contribution in [0.2, 0.25) is 0 Å². The van der Waals surface area contributed by atoms with E-state index in [2.05, 4.69) is 5.32 Å². The molecule has 5 rings (SSSR count). The molecule has 3 aromatic carbocycles. The molecule has 2 aliphatic rings. The highest BCUT2D eigenvalue weighted by atomic mass is 16.7. The molecule has 0 unspecified atom stereocenters. The van der Waals surface area contributed by atoms with E-state index in [-0.39, 0.29) is 19.8 Å². The molecule has 0 fully saturated rings. The summed E-state index contributed by atoms with van der Waals surface area (Å²) >= 11 is 0. The molecular weight excluding hydrogens is 408 g/mol.